The second-order valence-corrected chi connectivity index (χ2v) is 4.32. The number of hydrogen-bond acceptors (Lipinski definition) is 2. The van der Waals surface area contributed by atoms with Crippen molar-refractivity contribution in [2.24, 2.45) is 0 Å². The first-order valence-electron chi connectivity index (χ1n) is 6.15. The summed E-state index contributed by atoms with van der Waals surface area (Å²) in [7, 11) is 1.50. The number of ketones is 1. The molecule has 0 N–H and O–H groups in total. The number of Topliss-reactive ketones (excluding diaryl/α,β-unsaturated/α-hetero) is 1. The van der Waals surface area contributed by atoms with Gasteiger partial charge >= 0.3 is 0 Å². The van der Waals surface area contributed by atoms with Crippen molar-refractivity contribution in [3.63, 3.8) is 0 Å². The van der Waals surface area contributed by atoms with E-state index in [9.17, 15) is 13.6 Å². The van der Waals surface area contributed by atoms with Gasteiger partial charge in [-0.1, -0.05) is 30.3 Å². The van der Waals surface area contributed by atoms with Crippen molar-refractivity contribution in [1.29, 1.82) is 0 Å². The van der Waals surface area contributed by atoms with Gasteiger partial charge in [-0.05, 0) is 29.8 Å². The van der Waals surface area contributed by atoms with Gasteiger partial charge in [0.05, 0.1) is 7.11 Å². The van der Waals surface area contributed by atoms with E-state index in [4.69, 9.17) is 4.74 Å². The molecule has 0 saturated carbocycles. The van der Waals surface area contributed by atoms with Crippen LogP contribution in [-0.4, -0.2) is 19.3 Å². The van der Waals surface area contributed by atoms with Crippen LogP contribution in [0.25, 0.3) is 0 Å². The third-order valence-electron chi connectivity index (χ3n) is 3.07. The quantitative estimate of drug-likeness (QED) is 0.773. The maximum Gasteiger partial charge on any atom is 0.252 e. The maximum atomic E-state index is 13.2. The van der Waals surface area contributed by atoms with E-state index in [2.05, 4.69) is 0 Å². The van der Waals surface area contributed by atoms with Crippen LogP contribution in [0.1, 0.15) is 21.8 Å². The largest absolute Gasteiger partial charge is 0.497 e. The third-order valence-corrected chi connectivity index (χ3v) is 3.07. The molecule has 2 aromatic rings. The number of carbonyl (C=O) groups excluding carboxylic acids is 1. The van der Waals surface area contributed by atoms with Gasteiger partial charge in [0.2, 0.25) is 0 Å². The van der Waals surface area contributed by atoms with Crippen molar-refractivity contribution in [3.8, 4) is 5.75 Å². The van der Waals surface area contributed by atoms with Crippen LogP contribution < -0.4 is 4.74 Å². The van der Waals surface area contributed by atoms with Crippen LogP contribution in [0, 0.1) is 0 Å². The number of rotatable bonds is 5. The monoisotopic (exact) mass is 276 g/mol. The smallest absolute Gasteiger partial charge is 0.252 e. The Kier molecular flexibility index (Phi) is 4.45. The van der Waals surface area contributed by atoms with Crippen molar-refractivity contribution in [2.45, 2.75) is 12.3 Å². The maximum absolute atomic E-state index is 13.2. The summed E-state index contributed by atoms with van der Waals surface area (Å²) < 4.78 is 31.4. The van der Waals surface area contributed by atoms with E-state index < -0.39 is 18.1 Å². The Hall–Kier alpha value is -2.23. The van der Waals surface area contributed by atoms with Gasteiger partial charge < -0.3 is 4.74 Å². The molecule has 0 aliphatic carbocycles. The summed E-state index contributed by atoms with van der Waals surface area (Å²) in [5, 5.41) is 0. The third kappa shape index (κ3) is 3.02. The number of ether oxygens (including phenoxy) is 1. The topological polar surface area (TPSA) is 26.3 Å². The second-order valence-electron chi connectivity index (χ2n) is 4.32. The molecule has 104 valence electrons. The van der Waals surface area contributed by atoms with Crippen LogP contribution in [0.4, 0.5) is 8.78 Å². The zero-order valence-corrected chi connectivity index (χ0v) is 10.9. The van der Waals surface area contributed by atoms with Gasteiger partial charge in [0.25, 0.3) is 6.43 Å². The molecule has 2 rings (SSSR count). The number of alkyl halides is 2. The molecular weight excluding hydrogens is 262 g/mol. The average Bonchev–Trinajstić information content (AvgIpc) is 2.48. The summed E-state index contributed by atoms with van der Waals surface area (Å²) >= 11 is 0. The van der Waals surface area contributed by atoms with Crippen LogP contribution in [0.15, 0.2) is 54.6 Å². The lowest BCUT2D eigenvalue weighted by Crippen LogP contribution is -2.20. The number of carbonyl (C=O) groups is 1. The molecule has 4 heteroatoms. The first-order valence-corrected chi connectivity index (χ1v) is 6.15. The Morgan fingerprint density at radius 2 is 1.60 bits per heavy atom. The fourth-order valence-corrected chi connectivity index (χ4v) is 2.01. The van der Waals surface area contributed by atoms with Crippen LogP contribution in [0.2, 0.25) is 0 Å². The molecule has 1 atom stereocenters. The molecule has 0 fully saturated rings. The van der Waals surface area contributed by atoms with E-state index in [-0.39, 0.29) is 5.56 Å². The predicted molar refractivity (Wildman–Crippen MR) is 72.5 cm³/mol. The molecule has 1 unspecified atom stereocenters. The molecule has 0 aromatic heterocycles. The number of hydrogen-bond donors (Lipinski definition) is 0. The standard InChI is InChI=1S/C16H14F2O2/c1-20-13-9-7-12(8-10-13)15(19)14(16(17)18)11-5-3-2-4-6-11/h2-10,14,16H,1H3. The lowest BCUT2D eigenvalue weighted by Gasteiger charge is -2.15. The highest BCUT2D eigenvalue weighted by Gasteiger charge is 2.30. The van der Waals surface area contributed by atoms with Crippen LogP contribution in [0.5, 0.6) is 5.75 Å². The summed E-state index contributed by atoms with van der Waals surface area (Å²) in [5.74, 6) is -1.45. The van der Waals surface area contributed by atoms with E-state index in [0.29, 0.717) is 11.3 Å². The highest BCUT2D eigenvalue weighted by atomic mass is 19.3. The molecule has 0 saturated heterocycles. The van der Waals surface area contributed by atoms with Gasteiger partial charge in [-0.3, -0.25) is 4.79 Å². The van der Waals surface area contributed by atoms with E-state index >= 15 is 0 Å². The van der Waals surface area contributed by atoms with Crippen molar-refractivity contribution in [2.75, 3.05) is 7.11 Å². The molecule has 0 aliphatic rings. The molecule has 0 amide bonds. The highest BCUT2D eigenvalue weighted by Crippen LogP contribution is 2.28. The van der Waals surface area contributed by atoms with E-state index in [1.54, 1.807) is 30.3 Å². The number of methoxy groups -OCH3 is 1. The second kappa shape index (κ2) is 6.28. The summed E-state index contributed by atoms with van der Waals surface area (Å²) in [6.07, 6.45) is -2.74. The first kappa shape index (κ1) is 14.2. The summed E-state index contributed by atoms with van der Waals surface area (Å²) in [6.45, 7) is 0. The van der Waals surface area contributed by atoms with Crippen molar-refractivity contribution >= 4 is 5.78 Å². The normalized spacial score (nSPS) is 12.2. The van der Waals surface area contributed by atoms with E-state index in [1.807, 2.05) is 0 Å². The van der Waals surface area contributed by atoms with Gasteiger partial charge in [-0.25, -0.2) is 8.78 Å². The van der Waals surface area contributed by atoms with Gasteiger partial charge in [-0.15, -0.1) is 0 Å². The minimum Gasteiger partial charge on any atom is -0.497 e. The predicted octanol–water partition coefficient (Wildman–Crippen LogP) is 3.93. The molecule has 0 bridgehead atoms. The lowest BCUT2D eigenvalue weighted by atomic mass is 9.91. The minimum atomic E-state index is -2.74. The van der Waals surface area contributed by atoms with Crippen molar-refractivity contribution in [1.82, 2.24) is 0 Å². The number of halogens is 2. The minimum absolute atomic E-state index is 0.250. The zero-order chi connectivity index (χ0) is 14.5. The number of benzene rings is 2. The van der Waals surface area contributed by atoms with Crippen LogP contribution in [-0.2, 0) is 0 Å². The summed E-state index contributed by atoms with van der Waals surface area (Å²) in [6, 6.07) is 14.3. The van der Waals surface area contributed by atoms with E-state index in [1.165, 1.54) is 31.4 Å². The van der Waals surface area contributed by atoms with Gasteiger partial charge in [-0.2, -0.15) is 0 Å². The average molecular weight is 276 g/mol. The van der Waals surface area contributed by atoms with Crippen molar-refractivity contribution in [3.05, 3.63) is 65.7 Å². The molecule has 0 radical (unpaired) electrons. The van der Waals surface area contributed by atoms with Crippen molar-refractivity contribution < 1.29 is 18.3 Å². The molecule has 0 spiro atoms. The molecule has 0 aliphatic heterocycles. The zero-order valence-electron chi connectivity index (χ0n) is 10.9. The Labute approximate surface area is 116 Å². The van der Waals surface area contributed by atoms with Gasteiger partial charge in [0, 0.05) is 5.56 Å². The lowest BCUT2D eigenvalue weighted by molar-refractivity contribution is 0.0735. The molecule has 20 heavy (non-hydrogen) atoms. The van der Waals surface area contributed by atoms with E-state index in [0.717, 1.165) is 0 Å². The van der Waals surface area contributed by atoms with Crippen LogP contribution >= 0.6 is 0 Å². The molecule has 0 heterocycles. The highest BCUT2D eigenvalue weighted by molar-refractivity contribution is 6.01. The first-order chi connectivity index (χ1) is 9.63. The molecular formula is C16H14F2O2. The Balaban J connectivity index is 2.32. The fraction of sp³-hybridized carbons (Fsp3) is 0.188. The SMILES string of the molecule is COc1ccc(C(=O)C(c2ccccc2)C(F)F)cc1. The summed E-state index contributed by atoms with van der Waals surface area (Å²) in [4.78, 5) is 12.3. The fourth-order valence-electron chi connectivity index (χ4n) is 2.01. The van der Waals surface area contributed by atoms with Crippen LogP contribution in [0.3, 0.4) is 0 Å². The Morgan fingerprint density at radius 1 is 1.00 bits per heavy atom. The van der Waals surface area contributed by atoms with Gasteiger partial charge in [0.1, 0.15) is 11.7 Å². The summed E-state index contributed by atoms with van der Waals surface area (Å²) in [5.41, 5.74) is 0.572. The Morgan fingerprint density at radius 3 is 2.10 bits per heavy atom. The molecule has 2 aromatic carbocycles. The molecule has 2 nitrogen and oxygen atoms in total. The van der Waals surface area contributed by atoms with Gasteiger partial charge in [0.15, 0.2) is 5.78 Å². The Bertz CT molecular complexity index is 565.